The zero-order valence-electron chi connectivity index (χ0n) is 9.64. The van der Waals surface area contributed by atoms with Crippen molar-refractivity contribution in [3.8, 4) is 0 Å². The molecule has 17 heavy (non-hydrogen) atoms. The van der Waals surface area contributed by atoms with Gasteiger partial charge in [0.05, 0.1) is 6.42 Å². The van der Waals surface area contributed by atoms with Gasteiger partial charge in [0.1, 0.15) is 11.3 Å². The van der Waals surface area contributed by atoms with Gasteiger partial charge in [-0.25, -0.2) is 4.98 Å². The largest absolute Gasteiger partial charge is 0.443 e. The van der Waals surface area contributed by atoms with E-state index in [1.165, 1.54) is 18.2 Å². The number of hydrogen-bond acceptors (Lipinski definition) is 4. The SMILES string of the molecule is CC(=O)CC(=O)N(C)c1ccc2ncoc2c1. The van der Waals surface area contributed by atoms with Gasteiger partial charge in [0.15, 0.2) is 12.0 Å². The van der Waals surface area contributed by atoms with Gasteiger partial charge in [-0.05, 0) is 19.1 Å². The number of rotatable bonds is 3. The first-order valence-corrected chi connectivity index (χ1v) is 5.17. The molecule has 0 aliphatic carbocycles. The molecule has 0 aliphatic heterocycles. The molecule has 88 valence electrons. The Morgan fingerprint density at radius 1 is 1.41 bits per heavy atom. The molecule has 1 aromatic carbocycles. The summed E-state index contributed by atoms with van der Waals surface area (Å²) in [5.74, 6) is -0.390. The Morgan fingerprint density at radius 3 is 2.88 bits per heavy atom. The average Bonchev–Trinajstić information content (AvgIpc) is 2.73. The van der Waals surface area contributed by atoms with Crippen LogP contribution in [0.1, 0.15) is 13.3 Å². The molecule has 0 saturated heterocycles. The highest BCUT2D eigenvalue weighted by Gasteiger charge is 2.13. The number of anilines is 1. The molecule has 0 N–H and O–H groups in total. The summed E-state index contributed by atoms with van der Waals surface area (Å²) < 4.78 is 5.15. The third kappa shape index (κ3) is 2.33. The van der Waals surface area contributed by atoms with Crippen molar-refractivity contribution < 1.29 is 14.0 Å². The fourth-order valence-electron chi connectivity index (χ4n) is 1.53. The van der Waals surface area contributed by atoms with Gasteiger partial charge in [-0.3, -0.25) is 9.59 Å². The maximum atomic E-state index is 11.7. The van der Waals surface area contributed by atoms with Crippen molar-refractivity contribution in [1.29, 1.82) is 0 Å². The minimum Gasteiger partial charge on any atom is -0.443 e. The lowest BCUT2D eigenvalue weighted by molar-refractivity contribution is -0.125. The maximum absolute atomic E-state index is 11.7. The molecule has 1 heterocycles. The number of ketones is 1. The first-order chi connectivity index (χ1) is 8.08. The Labute approximate surface area is 98.0 Å². The van der Waals surface area contributed by atoms with Crippen molar-refractivity contribution in [2.45, 2.75) is 13.3 Å². The number of carbonyl (C=O) groups is 2. The van der Waals surface area contributed by atoms with E-state index in [-0.39, 0.29) is 18.1 Å². The Hall–Kier alpha value is -2.17. The molecule has 0 bridgehead atoms. The maximum Gasteiger partial charge on any atom is 0.234 e. The normalized spacial score (nSPS) is 10.5. The Kier molecular flexibility index (Phi) is 2.91. The number of nitrogens with zero attached hydrogens (tertiary/aromatic N) is 2. The van der Waals surface area contributed by atoms with Crippen LogP contribution in [0.15, 0.2) is 29.0 Å². The van der Waals surface area contributed by atoms with Crippen molar-refractivity contribution in [2.75, 3.05) is 11.9 Å². The van der Waals surface area contributed by atoms with Crippen LogP contribution in [0.3, 0.4) is 0 Å². The number of oxazole rings is 1. The van der Waals surface area contributed by atoms with Crippen LogP contribution in [0, 0.1) is 0 Å². The summed E-state index contributed by atoms with van der Waals surface area (Å²) in [6.45, 7) is 1.39. The third-order valence-electron chi connectivity index (χ3n) is 2.48. The molecular formula is C12H12N2O3. The van der Waals surface area contributed by atoms with E-state index in [0.29, 0.717) is 11.3 Å². The summed E-state index contributed by atoms with van der Waals surface area (Å²) in [6, 6.07) is 5.26. The lowest BCUT2D eigenvalue weighted by Gasteiger charge is -2.16. The molecular weight excluding hydrogens is 220 g/mol. The minimum atomic E-state index is -0.239. The fourth-order valence-corrected chi connectivity index (χ4v) is 1.53. The molecule has 0 saturated carbocycles. The van der Waals surface area contributed by atoms with Crippen LogP contribution in [0.2, 0.25) is 0 Å². The molecule has 0 spiro atoms. The van der Waals surface area contributed by atoms with Gasteiger partial charge < -0.3 is 9.32 Å². The van der Waals surface area contributed by atoms with Crippen LogP contribution in [-0.2, 0) is 9.59 Å². The predicted octanol–water partition coefficient (Wildman–Crippen LogP) is 1.77. The number of carbonyl (C=O) groups excluding carboxylic acids is 2. The smallest absolute Gasteiger partial charge is 0.234 e. The third-order valence-corrected chi connectivity index (χ3v) is 2.48. The molecule has 2 aromatic rings. The lowest BCUT2D eigenvalue weighted by atomic mass is 10.2. The average molecular weight is 232 g/mol. The quantitative estimate of drug-likeness (QED) is 0.756. The zero-order valence-corrected chi connectivity index (χ0v) is 9.64. The van der Waals surface area contributed by atoms with E-state index in [4.69, 9.17) is 4.42 Å². The van der Waals surface area contributed by atoms with Gasteiger partial charge in [-0.1, -0.05) is 0 Å². The molecule has 0 unspecified atom stereocenters. The first-order valence-electron chi connectivity index (χ1n) is 5.17. The zero-order chi connectivity index (χ0) is 12.4. The molecule has 0 atom stereocenters. The molecule has 0 radical (unpaired) electrons. The number of amides is 1. The summed E-state index contributed by atoms with van der Waals surface area (Å²) in [5.41, 5.74) is 2.03. The van der Waals surface area contributed by atoms with Crippen LogP contribution >= 0.6 is 0 Å². The number of hydrogen-bond donors (Lipinski definition) is 0. The fraction of sp³-hybridized carbons (Fsp3) is 0.250. The van der Waals surface area contributed by atoms with E-state index in [1.807, 2.05) is 0 Å². The van der Waals surface area contributed by atoms with E-state index < -0.39 is 0 Å². The molecule has 5 nitrogen and oxygen atoms in total. The van der Waals surface area contributed by atoms with Crippen LogP contribution in [-0.4, -0.2) is 23.7 Å². The first kappa shape index (κ1) is 11.3. The van der Waals surface area contributed by atoms with E-state index >= 15 is 0 Å². The monoisotopic (exact) mass is 232 g/mol. The summed E-state index contributed by atoms with van der Waals surface area (Å²) in [7, 11) is 1.63. The van der Waals surface area contributed by atoms with Crippen molar-refractivity contribution in [3.63, 3.8) is 0 Å². The number of aromatic nitrogens is 1. The number of fused-ring (bicyclic) bond motifs is 1. The van der Waals surface area contributed by atoms with Gasteiger partial charge in [0.2, 0.25) is 5.91 Å². The number of benzene rings is 1. The van der Waals surface area contributed by atoms with Crippen LogP contribution < -0.4 is 4.90 Å². The van der Waals surface area contributed by atoms with Crippen molar-refractivity contribution in [2.24, 2.45) is 0 Å². The van der Waals surface area contributed by atoms with E-state index in [9.17, 15) is 9.59 Å². The van der Waals surface area contributed by atoms with Crippen molar-refractivity contribution in [1.82, 2.24) is 4.98 Å². The van der Waals surface area contributed by atoms with Gasteiger partial charge in [0, 0.05) is 18.8 Å². The molecule has 1 aromatic heterocycles. The molecule has 0 aliphatic rings. The Morgan fingerprint density at radius 2 is 2.18 bits per heavy atom. The van der Waals surface area contributed by atoms with Gasteiger partial charge in [0.25, 0.3) is 0 Å². The highest BCUT2D eigenvalue weighted by atomic mass is 16.3. The summed E-state index contributed by atoms with van der Waals surface area (Å²) in [5, 5.41) is 0. The minimum absolute atomic E-state index is 0.0923. The molecule has 1 amide bonds. The van der Waals surface area contributed by atoms with E-state index in [2.05, 4.69) is 4.98 Å². The summed E-state index contributed by atoms with van der Waals surface area (Å²) >= 11 is 0. The van der Waals surface area contributed by atoms with Crippen LogP contribution in [0.25, 0.3) is 11.1 Å². The second-order valence-electron chi connectivity index (χ2n) is 3.84. The van der Waals surface area contributed by atoms with Crippen LogP contribution in [0.5, 0.6) is 0 Å². The van der Waals surface area contributed by atoms with Gasteiger partial charge in [-0.15, -0.1) is 0 Å². The second-order valence-corrected chi connectivity index (χ2v) is 3.84. The molecule has 0 fully saturated rings. The Balaban J connectivity index is 2.26. The van der Waals surface area contributed by atoms with Gasteiger partial charge in [-0.2, -0.15) is 0 Å². The van der Waals surface area contributed by atoms with Crippen LogP contribution in [0.4, 0.5) is 5.69 Å². The Bertz CT molecular complexity index is 574. The topological polar surface area (TPSA) is 63.4 Å². The standard InChI is InChI=1S/C12H12N2O3/c1-8(15)5-12(16)14(2)9-3-4-10-11(6-9)17-7-13-10/h3-4,6-7H,5H2,1-2H3. The van der Waals surface area contributed by atoms with Crippen molar-refractivity contribution in [3.05, 3.63) is 24.6 Å². The highest BCUT2D eigenvalue weighted by molar-refractivity contribution is 6.05. The predicted molar refractivity (Wildman–Crippen MR) is 62.7 cm³/mol. The lowest BCUT2D eigenvalue weighted by Crippen LogP contribution is -2.27. The van der Waals surface area contributed by atoms with Crippen molar-refractivity contribution >= 4 is 28.5 Å². The van der Waals surface area contributed by atoms with E-state index in [0.717, 1.165) is 5.52 Å². The van der Waals surface area contributed by atoms with E-state index in [1.54, 1.807) is 25.2 Å². The second kappa shape index (κ2) is 4.37. The molecule has 5 heteroatoms. The molecule has 2 rings (SSSR count). The highest BCUT2D eigenvalue weighted by Crippen LogP contribution is 2.20. The summed E-state index contributed by atoms with van der Waals surface area (Å²) in [4.78, 5) is 28.0. The van der Waals surface area contributed by atoms with Gasteiger partial charge >= 0.3 is 0 Å². The summed E-state index contributed by atoms with van der Waals surface area (Å²) in [6.07, 6.45) is 1.26. The number of Topliss-reactive ketones (excluding diaryl/α,β-unsaturated/α-hetero) is 1.